The molecule has 1 unspecified atom stereocenters. The second-order valence-corrected chi connectivity index (χ2v) is 3.71. The molecule has 0 aromatic rings. The summed E-state index contributed by atoms with van der Waals surface area (Å²) in [6.07, 6.45) is 5.15. The van der Waals surface area contributed by atoms with Gasteiger partial charge in [-0.3, -0.25) is 4.79 Å². The summed E-state index contributed by atoms with van der Waals surface area (Å²) >= 11 is 0. The monoisotopic (exact) mass is 198 g/mol. The molecule has 80 valence electrons. The molecule has 0 aromatic heterocycles. The van der Waals surface area contributed by atoms with Gasteiger partial charge in [-0.05, 0) is 20.8 Å². The highest BCUT2D eigenvalue weighted by Crippen LogP contribution is 2.12. The van der Waals surface area contributed by atoms with E-state index in [0.717, 1.165) is 5.57 Å². The van der Waals surface area contributed by atoms with Gasteiger partial charge in [-0.15, -0.1) is 0 Å². The van der Waals surface area contributed by atoms with Crippen LogP contribution in [-0.4, -0.2) is 23.8 Å². The number of hydrogen-bond acceptors (Lipinski definition) is 3. The fourth-order valence-corrected chi connectivity index (χ4v) is 0.871. The third-order valence-corrected chi connectivity index (χ3v) is 1.61. The van der Waals surface area contributed by atoms with Crippen LogP contribution in [0.3, 0.4) is 0 Å². The molecule has 3 nitrogen and oxygen atoms in total. The molecule has 1 N–H and O–H groups in total. The predicted molar refractivity (Wildman–Crippen MR) is 55.8 cm³/mol. The van der Waals surface area contributed by atoms with Crippen LogP contribution in [0.5, 0.6) is 0 Å². The van der Waals surface area contributed by atoms with Crippen molar-refractivity contribution in [2.24, 2.45) is 0 Å². The molecular formula is C11H18O3. The molecule has 3 heteroatoms. The van der Waals surface area contributed by atoms with Crippen molar-refractivity contribution in [3.8, 4) is 0 Å². The molecule has 0 aliphatic heterocycles. The summed E-state index contributed by atoms with van der Waals surface area (Å²) in [6, 6.07) is 0. The van der Waals surface area contributed by atoms with Gasteiger partial charge in [-0.1, -0.05) is 23.8 Å². The fourth-order valence-electron chi connectivity index (χ4n) is 0.871. The minimum atomic E-state index is -1.14. The molecule has 0 bridgehead atoms. The van der Waals surface area contributed by atoms with Crippen LogP contribution in [0.25, 0.3) is 0 Å². The minimum Gasteiger partial charge on any atom is -0.469 e. The predicted octanol–water partition coefficient (Wildman–Crippen LogP) is 1.82. The Balaban J connectivity index is 4.26. The Kier molecular flexibility index (Phi) is 5.16. The van der Waals surface area contributed by atoms with Gasteiger partial charge >= 0.3 is 5.97 Å². The zero-order valence-corrected chi connectivity index (χ0v) is 9.20. The molecule has 0 aromatic carbocycles. The first kappa shape index (κ1) is 12.9. The molecule has 0 aliphatic rings. The van der Waals surface area contributed by atoms with E-state index >= 15 is 0 Å². The highest BCUT2D eigenvalue weighted by Gasteiger charge is 2.20. The normalized spacial score (nSPS) is 14.9. The number of esters is 1. The van der Waals surface area contributed by atoms with Crippen LogP contribution >= 0.6 is 0 Å². The lowest BCUT2D eigenvalue weighted by atomic mass is 10.0. The number of aliphatic hydroxyl groups is 1. The summed E-state index contributed by atoms with van der Waals surface area (Å²) in [5, 5.41) is 9.71. The van der Waals surface area contributed by atoms with E-state index in [1.54, 1.807) is 19.1 Å². The lowest BCUT2D eigenvalue weighted by molar-refractivity contribution is -0.144. The first-order valence-electron chi connectivity index (χ1n) is 4.49. The van der Waals surface area contributed by atoms with Crippen molar-refractivity contribution >= 4 is 5.97 Å². The number of rotatable bonds is 4. The topological polar surface area (TPSA) is 46.5 Å². The highest BCUT2D eigenvalue weighted by atomic mass is 16.5. The van der Waals surface area contributed by atoms with Crippen LogP contribution < -0.4 is 0 Å². The molecule has 1 atom stereocenters. The molecule has 0 aliphatic carbocycles. The number of ether oxygens (including phenoxy) is 1. The minimum absolute atomic E-state index is 0.0311. The second-order valence-electron chi connectivity index (χ2n) is 3.71. The quantitative estimate of drug-likeness (QED) is 0.553. The number of hydrogen-bond donors (Lipinski definition) is 1. The van der Waals surface area contributed by atoms with Gasteiger partial charge in [0.1, 0.15) is 0 Å². The van der Waals surface area contributed by atoms with Gasteiger partial charge < -0.3 is 9.84 Å². The molecule has 0 saturated heterocycles. The van der Waals surface area contributed by atoms with E-state index in [2.05, 4.69) is 4.74 Å². The molecule has 0 amide bonds. The number of carbonyl (C=O) groups excluding carboxylic acids is 1. The Morgan fingerprint density at radius 2 is 2.07 bits per heavy atom. The van der Waals surface area contributed by atoms with Crippen molar-refractivity contribution in [2.45, 2.75) is 32.8 Å². The zero-order valence-electron chi connectivity index (χ0n) is 9.20. The lowest BCUT2D eigenvalue weighted by Gasteiger charge is -2.16. The number of carbonyl (C=O) groups is 1. The Hall–Kier alpha value is -1.09. The summed E-state index contributed by atoms with van der Waals surface area (Å²) in [7, 11) is 1.30. The van der Waals surface area contributed by atoms with E-state index in [1.807, 2.05) is 19.9 Å². The maximum atomic E-state index is 10.9. The molecule has 0 radical (unpaired) electrons. The van der Waals surface area contributed by atoms with Crippen LogP contribution in [0.4, 0.5) is 0 Å². The van der Waals surface area contributed by atoms with Gasteiger partial charge in [0.25, 0.3) is 0 Å². The Morgan fingerprint density at radius 3 is 2.50 bits per heavy atom. The highest BCUT2D eigenvalue weighted by molar-refractivity contribution is 5.70. The van der Waals surface area contributed by atoms with Gasteiger partial charge in [0.2, 0.25) is 0 Å². The van der Waals surface area contributed by atoms with E-state index in [9.17, 15) is 9.90 Å². The van der Waals surface area contributed by atoms with Crippen molar-refractivity contribution in [3.63, 3.8) is 0 Å². The SMILES string of the molecule is COC(=O)CC(C)(O)C=CC=C(C)C. The van der Waals surface area contributed by atoms with Crippen molar-refractivity contribution in [3.05, 3.63) is 23.8 Å². The lowest BCUT2D eigenvalue weighted by Crippen LogP contribution is -2.25. The van der Waals surface area contributed by atoms with Crippen molar-refractivity contribution in [1.82, 2.24) is 0 Å². The molecule has 14 heavy (non-hydrogen) atoms. The summed E-state index contributed by atoms with van der Waals surface area (Å²) in [5.74, 6) is -0.420. The largest absolute Gasteiger partial charge is 0.469 e. The van der Waals surface area contributed by atoms with E-state index in [0.29, 0.717) is 0 Å². The summed E-state index contributed by atoms with van der Waals surface area (Å²) in [5.41, 5.74) is -0.00547. The maximum Gasteiger partial charge on any atom is 0.308 e. The van der Waals surface area contributed by atoms with Crippen LogP contribution in [0.15, 0.2) is 23.8 Å². The van der Waals surface area contributed by atoms with Crippen molar-refractivity contribution in [2.75, 3.05) is 7.11 Å². The van der Waals surface area contributed by atoms with Gasteiger partial charge in [-0.2, -0.15) is 0 Å². The number of methoxy groups -OCH3 is 1. The standard InChI is InChI=1S/C11H18O3/c1-9(2)6-5-7-11(3,13)8-10(12)14-4/h5-7,13H,8H2,1-4H3. The van der Waals surface area contributed by atoms with Crippen LogP contribution in [0.1, 0.15) is 27.2 Å². The molecule has 0 fully saturated rings. The van der Waals surface area contributed by atoms with Gasteiger partial charge in [0.15, 0.2) is 0 Å². The van der Waals surface area contributed by atoms with Gasteiger partial charge in [0.05, 0.1) is 19.1 Å². The van der Waals surface area contributed by atoms with Crippen molar-refractivity contribution in [1.29, 1.82) is 0 Å². The Labute approximate surface area is 85.1 Å². The van der Waals surface area contributed by atoms with Gasteiger partial charge in [0, 0.05) is 0 Å². The molecule has 0 heterocycles. The van der Waals surface area contributed by atoms with Crippen LogP contribution in [-0.2, 0) is 9.53 Å². The van der Waals surface area contributed by atoms with Crippen LogP contribution in [0, 0.1) is 0 Å². The van der Waals surface area contributed by atoms with E-state index in [4.69, 9.17) is 0 Å². The van der Waals surface area contributed by atoms with Crippen molar-refractivity contribution < 1.29 is 14.6 Å². The van der Waals surface area contributed by atoms with E-state index < -0.39 is 11.6 Å². The van der Waals surface area contributed by atoms with Gasteiger partial charge in [-0.25, -0.2) is 0 Å². The summed E-state index contributed by atoms with van der Waals surface area (Å²) < 4.78 is 4.47. The second kappa shape index (κ2) is 5.60. The summed E-state index contributed by atoms with van der Waals surface area (Å²) in [6.45, 7) is 5.48. The molecule has 0 saturated carbocycles. The Morgan fingerprint density at radius 1 is 1.50 bits per heavy atom. The third-order valence-electron chi connectivity index (χ3n) is 1.61. The molecule has 0 rings (SSSR count). The average molecular weight is 198 g/mol. The smallest absolute Gasteiger partial charge is 0.308 e. The van der Waals surface area contributed by atoms with Crippen LogP contribution in [0.2, 0.25) is 0 Å². The first-order chi connectivity index (χ1) is 6.37. The third kappa shape index (κ3) is 6.43. The maximum absolute atomic E-state index is 10.9. The first-order valence-corrected chi connectivity index (χ1v) is 4.49. The fraction of sp³-hybridized carbons (Fsp3) is 0.545. The Bertz CT molecular complexity index is 245. The molecular weight excluding hydrogens is 180 g/mol. The number of allylic oxidation sites excluding steroid dienone is 3. The zero-order chi connectivity index (χ0) is 11.2. The van der Waals surface area contributed by atoms with E-state index in [-0.39, 0.29) is 6.42 Å². The average Bonchev–Trinajstić information content (AvgIpc) is 2.02. The summed E-state index contributed by atoms with van der Waals surface area (Å²) in [4.78, 5) is 10.9. The van der Waals surface area contributed by atoms with E-state index in [1.165, 1.54) is 7.11 Å². The molecule has 0 spiro atoms.